The second kappa shape index (κ2) is 6.17. The Labute approximate surface area is 111 Å². The molecule has 0 aliphatic rings. The van der Waals surface area contributed by atoms with Gasteiger partial charge in [0, 0.05) is 12.2 Å². The molecule has 6 nitrogen and oxygen atoms in total. The Morgan fingerprint density at radius 1 is 1.47 bits per heavy atom. The molecular weight excluding hydrogens is 244 g/mol. The first-order valence-electron chi connectivity index (χ1n) is 6.51. The maximum Gasteiger partial charge on any atom is 0.357 e. The van der Waals surface area contributed by atoms with E-state index in [0.717, 1.165) is 30.5 Å². The van der Waals surface area contributed by atoms with E-state index in [9.17, 15) is 4.79 Å². The zero-order valence-electron chi connectivity index (χ0n) is 11.2. The Kier molecular flexibility index (Phi) is 4.33. The normalized spacial score (nSPS) is 10.6. The number of aromatic amines is 1. The Morgan fingerprint density at radius 3 is 3.05 bits per heavy atom. The predicted molar refractivity (Wildman–Crippen MR) is 73.2 cm³/mol. The fourth-order valence-electron chi connectivity index (χ4n) is 1.78. The maximum atomic E-state index is 11.7. The predicted octanol–water partition coefficient (Wildman–Crippen LogP) is 2.35. The summed E-state index contributed by atoms with van der Waals surface area (Å²) in [6.45, 7) is 5.09. The summed E-state index contributed by atoms with van der Waals surface area (Å²) in [5, 5.41) is 10.9. The summed E-state index contributed by atoms with van der Waals surface area (Å²) in [5.74, 6) is -0.419. The second-order valence-electron chi connectivity index (χ2n) is 4.19. The van der Waals surface area contributed by atoms with Crippen LogP contribution >= 0.6 is 0 Å². The van der Waals surface area contributed by atoms with Gasteiger partial charge in [0.05, 0.1) is 18.2 Å². The van der Waals surface area contributed by atoms with Crippen molar-refractivity contribution in [1.29, 1.82) is 0 Å². The van der Waals surface area contributed by atoms with Gasteiger partial charge in [-0.2, -0.15) is 5.10 Å². The highest BCUT2D eigenvalue weighted by molar-refractivity contribution is 5.96. The van der Waals surface area contributed by atoms with E-state index < -0.39 is 5.97 Å². The first-order valence-corrected chi connectivity index (χ1v) is 6.51. The topological polar surface area (TPSA) is 79.9 Å². The summed E-state index contributed by atoms with van der Waals surface area (Å²) in [7, 11) is 0. The highest BCUT2D eigenvalue weighted by atomic mass is 16.5. The van der Waals surface area contributed by atoms with Crippen LogP contribution in [0.3, 0.4) is 0 Å². The molecule has 0 fully saturated rings. The molecule has 2 rings (SSSR count). The number of pyridine rings is 1. The van der Waals surface area contributed by atoms with Gasteiger partial charge in [-0.05, 0) is 19.4 Å². The van der Waals surface area contributed by atoms with Crippen LogP contribution in [0.15, 0.2) is 12.3 Å². The van der Waals surface area contributed by atoms with Crippen LogP contribution in [-0.2, 0) is 4.74 Å². The number of rotatable bonds is 6. The fourth-order valence-corrected chi connectivity index (χ4v) is 1.78. The van der Waals surface area contributed by atoms with E-state index in [1.165, 1.54) is 0 Å². The molecule has 0 unspecified atom stereocenters. The summed E-state index contributed by atoms with van der Waals surface area (Å²) in [6, 6.07) is 1.71. The van der Waals surface area contributed by atoms with Gasteiger partial charge in [-0.25, -0.2) is 9.78 Å². The number of carbonyl (C=O) groups is 1. The summed E-state index contributed by atoms with van der Waals surface area (Å²) < 4.78 is 4.97. The number of carbonyl (C=O) groups excluding carboxylic acids is 1. The number of hydrogen-bond acceptors (Lipinski definition) is 5. The molecule has 0 bridgehead atoms. The van der Waals surface area contributed by atoms with Gasteiger partial charge >= 0.3 is 5.97 Å². The summed E-state index contributed by atoms with van der Waals surface area (Å²) >= 11 is 0. The first kappa shape index (κ1) is 13.3. The first-order chi connectivity index (χ1) is 9.26. The Balaban J connectivity index is 2.31. The van der Waals surface area contributed by atoms with Gasteiger partial charge in [0.1, 0.15) is 0 Å². The molecule has 0 aliphatic heterocycles. The highest BCUT2D eigenvalue weighted by Crippen LogP contribution is 2.21. The quantitative estimate of drug-likeness (QED) is 0.617. The Bertz CT molecular complexity index is 565. The van der Waals surface area contributed by atoms with Crippen LogP contribution in [0.25, 0.3) is 11.0 Å². The van der Waals surface area contributed by atoms with Crippen molar-refractivity contribution >= 4 is 22.7 Å². The third kappa shape index (κ3) is 3.01. The van der Waals surface area contributed by atoms with Crippen LogP contribution in [0.4, 0.5) is 5.69 Å². The molecule has 0 aromatic carbocycles. The third-order valence-corrected chi connectivity index (χ3v) is 2.75. The number of H-pyrrole nitrogens is 1. The number of hydrogen-bond donors (Lipinski definition) is 2. The monoisotopic (exact) mass is 262 g/mol. The Morgan fingerprint density at radius 2 is 2.32 bits per heavy atom. The minimum atomic E-state index is -0.419. The molecule has 0 radical (unpaired) electrons. The smallest absolute Gasteiger partial charge is 0.357 e. The van der Waals surface area contributed by atoms with Gasteiger partial charge < -0.3 is 10.1 Å². The number of aromatic nitrogens is 3. The molecule has 0 amide bonds. The molecule has 2 aromatic rings. The van der Waals surface area contributed by atoms with E-state index >= 15 is 0 Å². The van der Waals surface area contributed by atoms with E-state index in [-0.39, 0.29) is 5.69 Å². The molecule has 0 spiro atoms. The largest absolute Gasteiger partial charge is 0.461 e. The van der Waals surface area contributed by atoms with Crippen LogP contribution in [0.5, 0.6) is 0 Å². The zero-order valence-corrected chi connectivity index (χ0v) is 11.2. The minimum absolute atomic E-state index is 0.289. The second-order valence-corrected chi connectivity index (χ2v) is 4.19. The number of fused-ring (bicyclic) bond motifs is 1. The molecule has 0 saturated heterocycles. The van der Waals surface area contributed by atoms with Crippen LogP contribution in [0.1, 0.15) is 37.2 Å². The lowest BCUT2D eigenvalue weighted by Gasteiger charge is -2.08. The molecule has 0 aliphatic carbocycles. The van der Waals surface area contributed by atoms with E-state index in [2.05, 4.69) is 27.4 Å². The average molecular weight is 262 g/mol. The molecule has 0 atom stereocenters. The van der Waals surface area contributed by atoms with Gasteiger partial charge in [-0.1, -0.05) is 13.3 Å². The lowest BCUT2D eigenvalue weighted by molar-refractivity contribution is 0.0520. The van der Waals surface area contributed by atoms with Crippen LogP contribution in [-0.4, -0.2) is 34.3 Å². The summed E-state index contributed by atoms with van der Waals surface area (Å²) in [4.78, 5) is 16.0. The summed E-state index contributed by atoms with van der Waals surface area (Å²) in [6.07, 6.45) is 3.87. The molecular formula is C13H18N4O2. The van der Waals surface area contributed by atoms with E-state index in [1.54, 1.807) is 19.2 Å². The molecule has 102 valence electrons. The van der Waals surface area contributed by atoms with Crippen LogP contribution in [0, 0.1) is 0 Å². The van der Waals surface area contributed by atoms with Crippen LogP contribution < -0.4 is 5.32 Å². The minimum Gasteiger partial charge on any atom is -0.461 e. The van der Waals surface area contributed by atoms with Crippen LogP contribution in [0.2, 0.25) is 0 Å². The van der Waals surface area contributed by atoms with Gasteiger partial charge in [0.15, 0.2) is 11.3 Å². The molecule has 2 aromatic heterocycles. The number of unbranched alkanes of at least 4 members (excludes halogenated alkanes) is 1. The summed E-state index contributed by atoms with van der Waals surface area (Å²) in [5.41, 5.74) is 1.73. The number of ether oxygens (including phenoxy) is 1. The van der Waals surface area contributed by atoms with Gasteiger partial charge in [-0.15, -0.1) is 0 Å². The molecule has 2 N–H and O–H groups in total. The lowest BCUT2D eigenvalue weighted by atomic mass is 10.2. The standard InChI is InChI=1S/C13H18N4O2/c1-3-5-6-14-10-7-11(13(18)19-4-2)16-12-9(10)8-15-17-12/h7-8H,3-6H2,1-2H3,(H2,14,15,16,17). The molecule has 2 heterocycles. The van der Waals surface area contributed by atoms with Crippen molar-refractivity contribution in [3.05, 3.63) is 18.0 Å². The van der Waals surface area contributed by atoms with Crippen molar-refractivity contribution in [2.24, 2.45) is 0 Å². The average Bonchev–Trinajstić information content (AvgIpc) is 2.87. The molecule has 6 heteroatoms. The Hall–Kier alpha value is -2.11. The zero-order chi connectivity index (χ0) is 13.7. The third-order valence-electron chi connectivity index (χ3n) is 2.75. The number of anilines is 1. The van der Waals surface area contributed by atoms with Gasteiger partial charge in [0.25, 0.3) is 0 Å². The van der Waals surface area contributed by atoms with Crippen molar-refractivity contribution in [3.8, 4) is 0 Å². The molecule has 19 heavy (non-hydrogen) atoms. The van der Waals surface area contributed by atoms with E-state index in [0.29, 0.717) is 12.3 Å². The van der Waals surface area contributed by atoms with E-state index in [4.69, 9.17) is 4.74 Å². The number of esters is 1. The molecule has 0 saturated carbocycles. The SMILES string of the molecule is CCCCNc1cc(C(=O)OCC)nc2[nH]ncc12. The van der Waals surface area contributed by atoms with Gasteiger partial charge in [-0.3, -0.25) is 5.10 Å². The van der Waals surface area contributed by atoms with Crippen molar-refractivity contribution in [2.45, 2.75) is 26.7 Å². The lowest BCUT2D eigenvalue weighted by Crippen LogP contribution is -2.09. The van der Waals surface area contributed by atoms with E-state index in [1.807, 2.05) is 0 Å². The number of nitrogens with one attached hydrogen (secondary N) is 2. The fraction of sp³-hybridized carbons (Fsp3) is 0.462. The van der Waals surface area contributed by atoms with Crippen molar-refractivity contribution in [3.63, 3.8) is 0 Å². The van der Waals surface area contributed by atoms with Crippen molar-refractivity contribution < 1.29 is 9.53 Å². The maximum absolute atomic E-state index is 11.7. The highest BCUT2D eigenvalue weighted by Gasteiger charge is 2.13. The van der Waals surface area contributed by atoms with Crippen molar-refractivity contribution in [2.75, 3.05) is 18.5 Å². The van der Waals surface area contributed by atoms with Crippen molar-refractivity contribution in [1.82, 2.24) is 15.2 Å². The van der Waals surface area contributed by atoms with Gasteiger partial charge in [0.2, 0.25) is 0 Å². The number of nitrogens with zero attached hydrogens (tertiary/aromatic N) is 2.